The molecular weight excluding hydrogens is 564 g/mol. The van der Waals surface area contributed by atoms with Gasteiger partial charge in [-0.3, -0.25) is 4.79 Å². The summed E-state index contributed by atoms with van der Waals surface area (Å²) in [5, 5.41) is 26.4. The van der Waals surface area contributed by atoms with Crippen molar-refractivity contribution in [3.63, 3.8) is 0 Å². The van der Waals surface area contributed by atoms with Gasteiger partial charge in [0.05, 0.1) is 99.1 Å². The van der Waals surface area contributed by atoms with Crippen LogP contribution >= 0.6 is 0 Å². The Bertz CT molecular complexity index is 970. The predicted molar refractivity (Wildman–Crippen MR) is 157 cm³/mol. The zero-order valence-electron chi connectivity index (χ0n) is 24.8. The molecule has 43 heavy (non-hydrogen) atoms. The van der Waals surface area contributed by atoms with Gasteiger partial charge in [-0.1, -0.05) is 0 Å². The Kier molecular flexibility index (Phi) is 21.0. The van der Waals surface area contributed by atoms with Crippen molar-refractivity contribution in [1.29, 1.82) is 0 Å². The third-order valence-electron chi connectivity index (χ3n) is 5.76. The van der Waals surface area contributed by atoms with E-state index in [-0.39, 0.29) is 38.8 Å². The van der Waals surface area contributed by atoms with Crippen molar-refractivity contribution in [2.24, 2.45) is 0 Å². The second kappa shape index (κ2) is 24.8. The van der Waals surface area contributed by atoms with Gasteiger partial charge in [0.15, 0.2) is 5.78 Å². The summed E-state index contributed by atoms with van der Waals surface area (Å²) in [4.78, 5) is 13.2. The van der Waals surface area contributed by atoms with Crippen LogP contribution in [0.2, 0.25) is 0 Å². The first kappa shape index (κ1) is 36.5. The number of hydrogen-bond acceptors (Lipinski definition) is 12. The minimum atomic E-state index is -0.134. The van der Waals surface area contributed by atoms with Crippen LogP contribution < -0.4 is 9.47 Å². The third-order valence-corrected chi connectivity index (χ3v) is 5.76. The summed E-state index contributed by atoms with van der Waals surface area (Å²) in [6.07, 6.45) is 0.506. The fourth-order valence-corrected chi connectivity index (χ4v) is 3.70. The molecule has 0 amide bonds. The first-order valence-electron chi connectivity index (χ1n) is 14.5. The highest BCUT2D eigenvalue weighted by Crippen LogP contribution is 2.24. The van der Waals surface area contributed by atoms with E-state index in [0.29, 0.717) is 108 Å². The Morgan fingerprint density at radius 3 is 1.47 bits per heavy atom. The molecule has 242 valence electrons. The Morgan fingerprint density at radius 1 is 0.488 bits per heavy atom. The summed E-state index contributed by atoms with van der Waals surface area (Å²) in [5.41, 5.74) is 1.86. The second-order valence-electron chi connectivity index (χ2n) is 8.97. The van der Waals surface area contributed by atoms with Crippen molar-refractivity contribution in [2.45, 2.75) is 6.42 Å². The highest BCUT2D eigenvalue weighted by Gasteiger charge is 2.13. The van der Waals surface area contributed by atoms with Gasteiger partial charge in [-0.15, -0.1) is 0 Å². The molecule has 2 rings (SSSR count). The van der Waals surface area contributed by atoms with Gasteiger partial charge in [0.25, 0.3) is 0 Å². The molecule has 0 aliphatic heterocycles. The van der Waals surface area contributed by atoms with Crippen LogP contribution in [0.3, 0.4) is 0 Å². The SMILES string of the molecule is O=C(c1ccc(OCCOCCO)cc1)c1ccc(OCCOCCOCCOCCOCCO)c(CCOCCO)c1. The lowest BCUT2D eigenvalue weighted by molar-refractivity contribution is -0.00782. The highest BCUT2D eigenvalue weighted by atomic mass is 16.6. The average molecular weight is 611 g/mol. The van der Waals surface area contributed by atoms with Gasteiger partial charge >= 0.3 is 0 Å². The summed E-state index contributed by atoms with van der Waals surface area (Å²) in [7, 11) is 0. The van der Waals surface area contributed by atoms with Gasteiger partial charge < -0.3 is 53.2 Å². The number of benzene rings is 2. The summed E-state index contributed by atoms with van der Waals surface area (Å²) in [6, 6.07) is 12.2. The van der Waals surface area contributed by atoms with Gasteiger partial charge in [-0.25, -0.2) is 0 Å². The van der Waals surface area contributed by atoms with Crippen LogP contribution in [0.15, 0.2) is 42.5 Å². The minimum Gasteiger partial charge on any atom is -0.491 e. The molecule has 0 aliphatic rings. The number of ketones is 1. The number of aliphatic hydroxyl groups is 3. The molecular formula is C31H46O12. The maximum absolute atomic E-state index is 13.2. The van der Waals surface area contributed by atoms with Crippen molar-refractivity contribution in [2.75, 3.05) is 112 Å². The van der Waals surface area contributed by atoms with Gasteiger partial charge in [-0.2, -0.15) is 0 Å². The van der Waals surface area contributed by atoms with E-state index in [0.717, 1.165) is 5.56 Å². The fraction of sp³-hybridized carbons (Fsp3) is 0.581. The number of carbonyl (C=O) groups excluding carboxylic acids is 1. The number of hydrogen-bond donors (Lipinski definition) is 3. The van der Waals surface area contributed by atoms with Crippen LogP contribution in [0.25, 0.3) is 0 Å². The zero-order chi connectivity index (χ0) is 30.8. The van der Waals surface area contributed by atoms with Crippen molar-refractivity contribution in [3.8, 4) is 11.5 Å². The predicted octanol–water partition coefficient (Wildman–Crippen LogP) is 1.29. The molecule has 3 N–H and O–H groups in total. The van der Waals surface area contributed by atoms with Crippen LogP contribution in [0.1, 0.15) is 21.5 Å². The molecule has 0 heterocycles. The average Bonchev–Trinajstić information content (AvgIpc) is 3.03. The van der Waals surface area contributed by atoms with E-state index in [1.54, 1.807) is 42.5 Å². The summed E-state index contributed by atoms with van der Waals surface area (Å²) in [6.45, 7) is 5.12. The molecule has 0 radical (unpaired) electrons. The van der Waals surface area contributed by atoms with E-state index < -0.39 is 0 Å². The van der Waals surface area contributed by atoms with E-state index >= 15 is 0 Å². The lowest BCUT2D eigenvalue weighted by Gasteiger charge is -2.14. The highest BCUT2D eigenvalue weighted by molar-refractivity contribution is 6.09. The van der Waals surface area contributed by atoms with Crippen LogP contribution in [0, 0.1) is 0 Å². The Hall–Kier alpha value is -2.65. The molecule has 0 aliphatic carbocycles. The largest absolute Gasteiger partial charge is 0.491 e. The summed E-state index contributed by atoms with van der Waals surface area (Å²) in [5.74, 6) is 1.12. The molecule has 0 fully saturated rings. The van der Waals surface area contributed by atoms with E-state index in [9.17, 15) is 4.79 Å². The van der Waals surface area contributed by atoms with Crippen molar-refractivity contribution in [1.82, 2.24) is 0 Å². The summed E-state index contributed by atoms with van der Waals surface area (Å²) >= 11 is 0. The molecule has 0 saturated heterocycles. The van der Waals surface area contributed by atoms with Crippen LogP contribution in [-0.2, 0) is 34.8 Å². The van der Waals surface area contributed by atoms with Gasteiger partial charge in [-0.05, 0) is 54.4 Å². The number of carbonyl (C=O) groups is 1. The van der Waals surface area contributed by atoms with Gasteiger partial charge in [0.1, 0.15) is 24.7 Å². The normalized spacial score (nSPS) is 11.1. The van der Waals surface area contributed by atoms with E-state index in [1.807, 2.05) is 0 Å². The van der Waals surface area contributed by atoms with Crippen LogP contribution in [0.5, 0.6) is 11.5 Å². The van der Waals surface area contributed by atoms with Crippen molar-refractivity contribution < 1.29 is 58.0 Å². The zero-order valence-corrected chi connectivity index (χ0v) is 24.8. The number of rotatable bonds is 28. The van der Waals surface area contributed by atoms with Gasteiger partial charge in [0, 0.05) is 11.1 Å². The quantitative estimate of drug-likeness (QED) is 0.0941. The van der Waals surface area contributed by atoms with E-state index in [2.05, 4.69) is 0 Å². The van der Waals surface area contributed by atoms with Gasteiger partial charge in [0.2, 0.25) is 0 Å². The Morgan fingerprint density at radius 2 is 0.930 bits per heavy atom. The summed E-state index contributed by atoms with van der Waals surface area (Å²) < 4.78 is 43.6. The van der Waals surface area contributed by atoms with Crippen LogP contribution in [-0.4, -0.2) is 133 Å². The lowest BCUT2D eigenvalue weighted by Crippen LogP contribution is -2.14. The Balaban J connectivity index is 1.78. The third kappa shape index (κ3) is 16.7. The molecule has 0 spiro atoms. The lowest BCUT2D eigenvalue weighted by atomic mass is 9.99. The molecule has 2 aromatic carbocycles. The molecule has 12 heteroatoms. The molecule has 12 nitrogen and oxygen atoms in total. The molecule has 2 aromatic rings. The first-order chi connectivity index (χ1) is 21.2. The first-order valence-corrected chi connectivity index (χ1v) is 14.5. The standard InChI is InChI=1S/C31H46O12/c32-8-12-36-11-7-27-25-28(31(35)26-1-4-29(5-2-26)42-23-21-38-14-10-34)3-6-30(27)43-24-22-41-20-19-40-18-17-39-16-15-37-13-9-33/h1-6,25,32-34H,7-24H2. The van der Waals surface area contributed by atoms with Crippen LogP contribution in [0.4, 0.5) is 0 Å². The van der Waals surface area contributed by atoms with E-state index in [1.165, 1.54) is 0 Å². The second-order valence-corrected chi connectivity index (χ2v) is 8.97. The maximum atomic E-state index is 13.2. The smallest absolute Gasteiger partial charge is 0.193 e. The molecule has 0 unspecified atom stereocenters. The number of aliphatic hydroxyl groups excluding tert-OH is 3. The molecule has 0 atom stereocenters. The van der Waals surface area contributed by atoms with Crippen molar-refractivity contribution in [3.05, 3.63) is 59.2 Å². The Labute approximate surface area is 253 Å². The molecule has 0 bridgehead atoms. The van der Waals surface area contributed by atoms with E-state index in [4.69, 9.17) is 53.2 Å². The topological polar surface area (TPSA) is 152 Å². The fourth-order valence-electron chi connectivity index (χ4n) is 3.70. The molecule has 0 saturated carbocycles. The minimum absolute atomic E-state index is 0.00179. The number of ether oxygens (including phenoxy) is 8. The van der Waals surface area contributed by atoms with Crippen molar-refractivity contribution >= 4 is 5.78 Å². The maximum Gasteiger partial charge on any atom is 0.193 e. The monoisotopic (exact) mass is 610 g/mol. The molecule has 0 aromatic heterocycles.